The Bertz CT molecular complexity index is 1600. The van der Waals surface area contributed by atoms with E-state index in [1.54, 1.807) is 0 Å². The van der Waals surface area contributed by atoms with E-state index in [4.69, 9.17) is 4.74 Å². The van der Waals surface area contributed by atoms with Gasteiger partial charge in [-0.2, -0.15) is 0 Å². The first kappa shape index (κ1) is 30.7. The zero-order chi connectivity index (χ0) is 30.6. The third kappa shape index (κ3) is 8.66. The normalized spacial score (nSPS) is 11.6. The first-order chi connectivity index (χ1) is 21.6. The molecule has 0 heterocycles. The number of para-hydroxylation sites is 1. The summed E-state index contributed by atoms with van der Waals surface area (Å²) in [7, 11) is 0. The number of rotatable bonds is 14. The van der Waals surface area contributed by atoms with Crippen LogP contribution in [0, 0.1) is 0 Å². The molecule has 44 heavy (non-hydrogen) atoms. The van der Waals surface area contributed by atoms with Crippen molar-refractivity contribution in [1.82, 2.24) is 10.8 Å². The topological polar surface area (TPSA) is 72.3 Å². The lowest BCUT2D eigenvalue weighted by Gasteiger charge is -2.15. The zero-order valence-corrected chi connectivity index (χ0v) is 25.1. The number of nitrogens with one attached hydrogen (secondary N) is 1. The zero-order valence-electron chi connectivity index (χ0n) is 25.1. The Morgan fingerprint density at radius 2 is 1.34 bits per heavy atom. The molecule has 0 saturated carbocycles. The van der Waals surface area contributed by atoms with Gasteiger partial charge in [-0.25, -0.2) is 0 Å². The lowest BCUT2D eigenvalue weighted by Crippen LogP contribution is -2.22. The summed E-state index contributed by atoms with van der Waals surface area (Å²) in [5.41, 5.74) is 10.4. The highest BCUT2D eigenvalue weighted by molar-refractivity contribution is 5.94. The molecule has 5 nitrogen and oxygen atoms in total. The van der Waals surface area contributed by atoms with E-state index in [0.717, 1.165) is 40.0 Å². The maximum absolute atomic E-state index is 12.8. The molecule has 5 aromatic rings. The van der Waals surface area contributed by atoms with Crippen molar-refractivity contribution in [3.63, 3.8) is 0 Å². The monoisotopic (exact) mass is 582 g/mol. The van der Waals surface area contributed by atoms with E-state index in [1.807, 2.05) is 103 Å². The predicted molar refractivity (Wildman–Crippen MR) is 175 cm³/mol. The summed E-state index contributed by atoms with van der Waals surface area (Å²) in [6.07, 6.45) is 5.28. The summed E-state index contributed by atoms with van der Waals surface area (Å²) < 4.78 is 5.93. The molecular formula is C39H38N2O3. The van der Waals surface area contributed by atoms with E-state index < -0.39 is 6.04 Å². The largest absolute Gasteiger partial charge is 0.457 e. The van der Waals surface area contributed by atoms with Gasteiger partial charge in [0, 0.05) is 12.1 Å². The Balaban J connectivity index is 1.15. The molecule has 1 atom stereocenters. The third-order valence-electron chi connectivity index (χ3n) is 7.76. The van der Waals surface area contributed by atoms with Gasteiger partial charge in [-0.3, -0.25) is 4.79 Å². The van der Waals surface area contributed by atoms with Crippen LogP contribution in [-0.2, 0) is 24.6 Å². The molecule has 0 aliphatic rings. The number of carbonyl (C=O) groups excluding carboxylic acids is 1. The fraction of sp³-hybridized carbons (Fsp3) is 0.205. The fourth-order valence-electron chi connectivity index (χ4n) is 5.18. The molecule has 0 aromatic heterocycles. The molecular weight excluding hydrogens is 544 g/mol. The van der Waals surface area contributed by atoms with Crippen molar-refractivity contribution in [2.24, 2.45) is 0 Å². The molecule has 0 fully saturated rings. The second-order valence-corrected chi connectivity index (χ2v) is 11.0. The fourth-order valence-corrected chi connectivity index (χ4v) is 5.18. The van der Waals surface area contributed by atoms with Crippen LogP contribution in [0.2, 0.25) is 0 Å². The van der Waals surface area contributed by atoms with Crippen molar-refractivity contribution in [3.8, 4) is 22.6 Å². The van der Waals surface area contributed by atoms with Crippen LogP contribution in [0.15, 0.2) is 127 Å². The van der Waals surface area contributed by atoms with Crippen LogP contribution in [0.4, 0.5) is 0 Å². The first-order valence-corrected chi connectivity index (χ1v) is 15.3. The van der Waals surface area contributed by atoms with Crippen LogP contribution in [0.3, 0.4) is 0 Å². The lowest BCUT2D eigenvalue weighted by molar-refractivity contribution is 0.0332. The van der Waals surface area contributed by atoms with Gasteiger partial charge >= 0.3 is 0 Å². The van der Waals surface area contributed by atoms with Gasteiger partial charge in [0.15, 0.2) is 0 Å². The molecule has 222 valence electrons. The minimum atomic E-state index is -0.526. The number of nitrogens with zero attached hydrogens (tertiary/aromatic N) is 1. The standard InChI is InChI=1S/C39H38N2O3/c1-2-3-5-9-29-14-16-31(17-15-29)28-40-39(42)34-24-22-33(23-25-34)32-20-18-30(19-21-32)26-38(41-43)35-10-8-13-37(27-35)44-36-11-6-4-7-12-36/h4,6-8,10-25,27,38H,2-3,5,9,26,28H2,1H3,(H,40,42). The van der Waals surface area contributed by atoms with E-state index in [0.29, 0.717) is 24.3 Å². The summed E-state index contributed by atoms with van der Waals surface area (Å²) in [5, 5.41) is 14.8. The van der Waals surface area contributed by atoms with Gasteiger partial charge in [0.25, 0.3) is 5.91 Å². The van der Waals surface area contributed by atoms with E-state index >= 15 is 0 Å². The van der Waals surface area contributed by atoms with Crippen LogP contribution in [-0.4, -0.2) is 5.91 Å². The van der Waals surface area contributed by atoms with Gasteiger partial charge in [0.05, 0.1) is 6.04 Å². The molecule has 1 unspecified atom stereocenters. The highest BCUT2D eigenvalue weighted by Gasteiger charge is 2.15. The smallest absolute Gasteiger partial charge is 0.251 e. The molecule has 1 N–H and O–H groups in total. The van der Waals surface area contributed by atoms with Crippen molar-refractivity contribution >= 4 is 5.91 Å². The minimum Gasteiger partial charge on any atom is -0.457 e. The highest BCUT2D eigenvalue weighted by atomic mass is 16.5. The number of hydrogen-bond donors (Lipinski definition) is 1. The minimum absolute atomic E-state index is 0.0930. The summed E-state index contributed by atoms with van der Waals surface area (Å²) in [5.74, 6) is 1.31. The Morgan fingerprint density at radius 3 is 2.02 bits per heavy atom. The number of carbonyl (C=O) groups is 1. The van der Waals surface area contributed by atoms with Crippen LogP contribution < -0.4 is 15.5 Å². The number of amides is 1. The van der Waals surface area contributed by atoms with Crippen molar-refractivity contribution in [3.05, 3.63) is 155 Å². The Morgan fingerprint density at radius 1 is 0.705 bits per heavy atom. The molecule has 2 radical (unpaired) electrons. The third-order valence-corrected chi connectivity index (χ3v) is 7.76. The van der Waals surface area contributed by atoms with Crippen LogP contribution in [0.25, 0.3) is 11.1 Å². The average molecular weight is 583 g/mol. The SMILES string of the molecule is CCCCCc1ccc(CNC(=O)c2ccc(-c3ccc(CC([N][O])c4cccc(Oc5ccccc5)c4)cc3)cc2)cc1. The maximum Gasteiger partial charge on any atom is 0.251 e. The van der Waals surface area contributed by atoms with Gasteiger partial charge in [-0.15, -0.1) is 5.21 Å². The van der Waals surface area contributed by atoms with E-state index in [9.17, 15) is 10.0 Å². The molecule has 5 aromatic carbocycles. The van der Waals surface area contributed by atoms with Crippen molar-refractivity contribution in [2.75, 3.05) is 0 Å². The number of unbranched alkanes of at least 4 members (excludes halogenated alkanes) is 2. The number of hydroxylamine groups is 1. The van der Waals surface area contributed by atoms with Gasteiger partial charge in [-0.05, 0) is 89.0 Å². The maximum atomic E-state index is 12.8. The number of aryl methyl sites for hydroxylation is 1. The van der Waals surface area contributed by atoms with Crippen molar-refractivity contribution in [1.29, 1.82) is 0 Å². The molecule has 0 bridgehead atoms. The summed E-state index contributed by atoms with van der Waals surface area (Å²) in [6, 6.07) is 40.8. The van der Waals surface area contributed by atoms with E-state index in [1.165, 1.54) is 24.8 Å². The number of benzene rings is 5. The van der Waals surface area contributed by atoms with Crippen LogP contribution >= 0.6 is 0 Å². The van der Waals surface area contributed by atoms with Crippen molar-refractivity contribution < 1.29 is 14.7 Å². The molecule has 0 aliphatic carbocycles. The summed E-state index contributed by atoms with van der Waals surface area (Å²) in [6.45, 7) is 2.71. The summed E-state index contributed by atoms with van der Waals surface area (Å²) >= 11 is 0. The Kier molecular flexibility index (Phi) is 10.9. The molecule has 5 rings (SSSR count). The van der Waals surface area contributed by atoms with Gasteiger partial charge < -0.3 is 10.1 Å². The lowest BCUT2D eigenvalue weighted by atomic mass is 9.97. The van der Waals surface area contributed by atoms with Gasteiger partial charge in [0.1, 0.15) is 11.5 Å². The van der Waals surface area contributed by atoms with Crippen molar-refractivity contribution in [2.45, 2.75) is 51.6 Å². The number of ether oxygens (including phenoxy) is 1. The van der Waals surface area contributed by atoms with E-state index in [2.05, 4.69) is 42.0 Å². The molecule has 5 heteroatoms. The molecule has 0 aliphatic heterocycles. The molecule has 0 spiro atoms. The quantitative estimate of drug-likeness (QED) is 0.105. The average Bonchev–Trinajstić information content (AvgIpc) is 3.08. The first-order valence-electron chi connectivity index (χ1n) is 15.3. The second-order valence-electron chi connectivity index (χ2n) is 11.0. The van der Waals surface area contributed by atoms with E-state index in [-0.39, 0.29) is 5.91 Å². The van der Waals surface area contributed by atoms with Crippen LogP contribution in [0.1, 0.15) is 64.8 Å². The molecule has 0 saturated heterocycles. The highest BCUT2D eigenvalue weighted by Crippen LogP contribution is 2.28. The Hall–Kier alpha value is -4.71. The second kappa shape index (κ2) is 15.7. The van der Waals surface area contributed by atoms with Gasteiger partial charge in [-0.1, -0.05) is 116 Å². The Labute approximate surface area is 260 Å². The number of hydrogen-bond acceptors (Lipinski definition) is 2. The van der Waals surface area contributed by atoms with Gasteiger partial charge in [0.2, 0.25) is 0 Å². The predicted octanol–water partition coefficient (Wildman–Crippen LogP) is 9.04. The summed E-state index contributed by atoms with van der Waals surface area (Å²) in [4.78, 5) is 12.8. The molecule has 1 amide bonds. The van der Waals surface area contributed by atoms with Crippen LogP contribution in [0.5, 0.6) is 11.5 Å².